The van der Waals surface area contributed by atoms with Crippen LogP contribution in [0.25, 0.3) is 0 Å². The van der Waals surface area contributed by atoms with Crippen LogP contribution in [-0.4, -0.2) is 49.8 Å². The second kappa shape index (κ2) is 23.8. The summed E-state index contributed by atoms with van der Waals surface area (Å²) in [6.45, 7) is 0. The van der Waals surface area contributed by atoms with E-state index in [4.69, 9.17) is 0 Å². The van der Waals surface area contributed by atoms with Crippen molar-refractivity contribution in [2.24, 2.45) is 0 Å². The maximum atomic E-state index is 0. The van der Waals surface area contributed by atoms with Crippen LogP contribution in [0.15, 0.2) is 0 Å². The van der Waals surface area contributed by atoms with Crippen LogP contribution in [0.1, 0.15) is 0 Å². The minimum Gasteiger partial charge on any atom is -2.00 e. The van der Waals surface area contributed by atoms with Crippen LogP contribution in [-0.2, 0) is 5.48 Å². The van der Waals surface area contributed by atoms with Gasteiger partial charge in [-0.1, -0.05) is 0 Å². The largest absolute Gasteiger partial charge is 4.00 e. The molecule has 16 valence electrons. The Labute approximate surface area is 59.6 Å². The first-order chi connectivity index (χ1) is 0. The van der Waals surface area contributed by atoms with Gasteiger partial charge in [0.15, 0.2) is 0 Å². The molecule has 0 radical (unpaired) electrons. The van der Waals surface area contributed by atoms with Crippen LogP contribution in [0.3, 0.4) is 0 Å². The molecule has 0 aromatic carbocycles. The zero-order valence-electron chi connectivity index (χ0n) is 1.89. The molecule has 0 fully saturated rings. The van der Waals surface area contributed by atoms with Crippen LogP contribution in [0, 0.1) is 0 Å². The third kappa shape index (κ3) is 9.59. The van der Waals surface area contributed by atoms with Crippen molar-refractivity contribution in [3.05, 3.63) is 0 Å². The molecule has 0 bridgehead atoms. The van der Waals surface area contributed by atoms with Crippen molar-refractivity contribution in [1.82, 2.24) is 0 Å². The SMILES string of the molecule is F.[In+3].[O-2].[Sn+4]. The summed E-state index contributed by atoms with van der Waals surface area (Å²) in [5, 5.41) is 0. The van der Waals surface area contributed by atoms with Crippen molar-refractivity contribution in [2.45, 2.75) is 0 Å². The molecular formula is HFInOSn+5. The molecule has 4 heteroatoms. The molecule has 0 saturated heterocycles. The van der Waals surface area contributed by atoms with Crippen molar-refractivity contribution >= 4 is 49.8 Å². The van der Waals surface area contributed by atoms with E-state index in [-0.39, 0.29) is 59.9 Å². The summed E-state index contributed by atoms with van der Waals surface area (Å²) in [6, 6.07) is 0. The monoisotopic (exact) mass is 271 g/mol. The Hall–Kier alpha value is 1.56. The van der Waals surface area contributed by atoms with Crippen LogP contribution < -0.4 is 0 Å². The molecule has 0 unspecified atom stereocenters. The zero-order valence-corrected chi connectivity index (χ0v) is 8.04. The van der Waals surface area contributed by atoms with Crippen LogP contribution in [0.4, 0.5) is 4.70 Å². The maximum Gasteiger partial charge on any atom is 4.00 e. The maximum absolute atomic E-state index is 0. The van der Waals surface area contributed by atoms with Gasteiger partial charge in [-0.15, -0.1) is 0 Å². The van der Waals surface area contributed by atoms with Gasteiger partial charge in [-0.3, -0.25) is 4.70 Å². The summed E-state index contributed by atoms with van der Waals surface area (Å²) >= 11 is 0. The van der Waals surface area contributed by atoms with E-state index < -0.39 is 0 Å². The van der Waals surface area contributed by atoms with Gasteiger partial charge < -0.3 is 5.48 Å². The summed E-state index contributed by atoms with van der Waals surface area (Å²) in [7, 11) is 0. The van der Waals surface area contributed by atoms with Gasteiger partial charge in [-0.2, -0.15) is 0 Å². The van der Waals surface area contributed by atoms with Gasteiger partial charge in [0, 0.05) is 0 Å². The quantitative estimate of drug-likeness (QED) is 0.519. The molecule has 0 rings (SSSR count). The van der Waals surface area contributed by atoms with Crippen molar-refractivity contribution in [2.75, 3.05) is 0 Å². The average Bonchev–Trinajstić information content (AvgIpc) is 0. The van der Waals surface area contributed by atoms with Crippen LogP contribution in [0.5, 0.6) is 0 Å². The van der Waals surface area contributed by atoms with Gasteiger partial charge >= 0.3 is 49.8 Å². The normalized spacial score (nSPS) is 0. The fraction of sp³-hybridized carbons (Fsp3) is 0. The van der Waals surface area contributed by atoms with E-state index in [1.807, 2.05) is 0 Å². The average molecular weight is 270 g/mol. The standard InChI is InChI=1S/FH.In.O.Sn/h1H;;;/q;+3;-2;+4. The Balaban J connectivity index is 0. The molecule has 0 aliphatic carbocycles. The first kappa shape index (κ1) is 47.5. The molecule has 0 heterocycles. The first-order valence-electron chi connectivity index (χ1n) is 0. The van der Waals surface area contributed by atoms with E-state index in [9.17, 15) is 0 Å². The van der Waals surface area contributed by atoms with E-state index in [1.54, 1.807) is 0 Å². The summed E-state index contributed by atoms with van der Waals surface area (Å²) in [6.07, 6.45) is 0. The smallest absolute Gasteiger partial charge is 2.00 e. The van der Waals surface area contributed by atoms with Gasteiger partial charge in [0.05, 0.1) is 0 Å². The fourth-order valence-electron chi connectivity index (χ4n) is 0. The topological polar surface area (TPSA) is 28.5 Å². The molecular weight excluding hydrogens is 269 g/mol. The van der Waals surface area contributed by atoms with E-state index >= 15 is 0 Å². The van der Waals surface area contributed by atoms with Crippen molar-refractivity contribution < 1.29 is 10.2 Å². The Morgan fingerprint density at radius 2 is 1.00 bits per heavy atom. The molecule has 0 aliphatic heterocycles. The number of rotatable bonds is 0. The second-order valence-electron chi connectivity index (χ2n) is 0. The molecule has 0 aliphatic rings. The Kier molecular flexibility index (Phi) is 282. The summed E-state index contributed by atoms with van der Waals surface area (Å²) < 4.78 is 0. The van der Waals surface area contributed by atoms with Crippen molar-refractivity contribution in [3.63, 3.8) is 0 Å². The van der Waals surface area contributed by atoms with E-state index in [0.717, 1.165) is 0 Å². The third-order valence-electron chi connectivity index (χ3n) is 0. The van der Waals surface area contributed by atoms with Gasteiger partial charge in [0.2, 0.25) is 0 Å². The third-order valence-corrected chi connectivity index (χ3v) is 0. The number of halogens is 1. The summed E-state index contributed by atoms with van der Waals surface area (Å²) in [5.41, 5.74) is 0. The molecule has 0 saturated carbocycles. The fourth-order valence-corrected chi connectivity index (χ4v) is 0. The molecule has 0 aromatic rings. The molecule has 0 aromatic heterocycles. The molecule has 0 spiro atoms. The van der Waals surface area contributed by atoms with E-state index in [1.165, 1.54) is 0 Å². The summed E-state index contributed by atoms with van der Waals surface area (Å²) in [4.78, 5) is 0. The zero-order chi connectivity index (χ0) is 0. The van der Waals surface area contributed by atoms with E-state index in [0.29, 0.717) is 0 Å². The summed E-state index contributed by atoms with van der Waals surface area (Å²) in [5.74, 6) is 0. The Bertz CT molecular complexity index is 8.00. The number of hydrogen-bond donors (Lipinski definition) is 0. The molecule has 1 nitrogen and oxygen atoms in total. The van der Waals surface area contributed by atoms with Gasteiger partial charge in [-0.05, 0) is 0 Å². The predicted molar refractivity (Wildman–Crippen MR) is 14.7 cm³/mol. The van der Waals surface area contributed by atoms with Crippen LogP contribution in [0.2, 0.25) is 0 Å². The van der Waals surface area contributed by atoms with Crippen molar-refractivity contribution in [1.29, 1.82) is 0 Å². The molecule has 0 atom stereocenters. The Morgan fingerprint density at radius 1 is 1.00 bits per heavy atom. The minimum atomic E-state index is 0. The minimum absolute atomic E-state index is 0. The molecule has 4 heavy (non-hydrogen) atoms. The first-order valence-corrected chi connectivity index (χ1v) is 0. The van der Waals surface area contributed by atoms with Crippen LogP contribution >= 0.6 is 0 Å². The molecule has 0 N–H and O–H groups in total. The van der Waals surface area contributed by atoms with Gasteiger partial charge in [-0.25, -0.2) is 0 Å². The Morgan fingerprint density at radius 3 is 1.00 bits per heavy atom. The molecule has 0 amide bonds. The van der Waals surface area contributed by atoms with E-state index in [2.05, 4.69) is 0 Å². The predicted octanol–water partition coefficient (Wildman–Crippen LogP) is -0.728. The van der Waals surface area contributed by atoms with Gasteiger partial charge in [0.25, 0.3) is 0 Å². The van der Waals surface area contributed by atoms with Crippen molar-refractivity contribution in [3.8, 4) is 0 Å². The number of hydrogen-bond acceptors (Lipinski definition) is 0. The second-order valence-corrected chi connectivity index (χ2v) is 0. The van der Waals surface area contributed by atoms with Gasteiger partial charge in [0.1, 0.15) is 0 Å².